The van der Waals surface area contributed by atoms with Crippen LogP contribution in [0.1, 0.15) is 42.6 Å². The monoisotopic (exact) mass is 491 g/mol. The molecule has 0 aliphatic rings. The van der Waals surface area contributed by atoms with E-state index in [1.807, 2.05) is 24.3 Å². The fourth-order valence-corrected chi connectivity index (χ4v) is 4.12. The molecule has 0 saturated carbocycles. The molecule has 0 saturated heterocycles. The maximum absolute atomic E-state index is 12.7. The van der Waals surface area contributed by atoms with Crippen LogP contribution in [0.4, 0.5) is 15.6 Å². The molecule has 0 fully saturated rings. The lowest BCUT2D eigenvalue weighted by atomic mass is 9.86. The lowest BCUT2D eigenvalue weighted by molar-refractivity contribution is 0.0972. The van der Waals surface area contributed by atoms with E-state index in [4.69, 9.17) is 14.9 Å². The SMILES string of the molecule is Cc1oc(C(N)=O)cc1-c1csc(NC(=O)Nc2cccnc2Oc2ccccc2C(C)(C)C)n1. The van der Waals surface area contributed by atoms with Gasteiger partial charge in [0.1, 0.15) is 17.2 Å². The molecule has 35 heavy (non-hydrogen) atoms. The van der Waals surface area contributed by atoms with Gasteiger partial charge in [0.05, 0.1) is 5.69 Å². The van der Waals surface area contributed by atoms with Gasteiger partial charge in [0.2, 0.25) is 5.88 Å². The normalized spacial score (nSPS) is 11.2. The summed E-state index contributed by atoms with van der Waals surface area (Å²) in [7, 11) is 0. The zero-order valence-corrected chi connectivity index (χ0v) is 20.5. The lowest BCUT2D eigenvalue weighted by Gasteiger charge is -2.22. The van der Waals surface area contributed by atoms with Crippen LogP contribution in [0.15, 0.2) is 58.5 Å². The average Bonchev–Trinajstić information content (AvgIpc) is 3.41. The summed E-state index contributed by atoms with van der Waals surface area (Å²) in [6.45, 7) is 8.01. The first kappa shape index (κ1) is 24.0. The Labute approximate surface area is 206 Å². The maximum atomic E-state index is 12.7. The minimum atomic E-state index is -0.660. The third-order valence-electron chi connectivity index (χ3n) is 5.08. The van der Waals surface area contributed by atoms with E-state index in [0.29, 0.717) is 33.6 Å². The number of rotatable bonds is 6. The van der Waals surface area contributed by atoms with Gasteiger partial charge in [-0.05, 0) is 36.6 Å². The van der Waals surface area contributed by atoms with Crippen molar-refractivity contribution in [1.82, 2.24) is 9.97 Å². The summed E-state index contributed by atoms with van der Waals surface area (Å²) >= 11 is 1.23. The second kappa shape index (κ2) is 9.59. The number of furan rings is 1. The number of nitrogens with one attached hydrogen (secondary N) is 2. The number of aromatic nitrogens is 2. The molecular formula is C25H25N5O4S. The number of para-hydroxylation sites is 1. The molecule has 0 unspecified atom stereocenters. The average molecular weight is 492 g/mol. The summed E-state index contributed by atoms with van der Waals surface area (Å²) in [5.41, 5.74) is 7.75. The predicted octanol–water partition coefficient (Wildman–Crippen LogP) is 5.94. The molecule has 4 N–H and O–H groups in total. The van der Waals surface area contributed by atoms with Gasteiger partial charge in [0, 0.05) is 22.7 Å². The van der Waals surface area contributed by atoms with Gasteiger partial charge in [-0.2, -0.15) is 0 Å². The van der Waals surface area contributed by atoms with E-state index in [1.54, 1.807) is 30.6 Å². The fourth-order valence-electron chi connectivity index (χ4n) is 3.41. The van der Waals surface area contributed by atoms with Crippen LogP contribution in [-0.4, -0.2) is 21.9 Å². The van der Waals surface area contributed by atoms with Crippen LogP contribution in [0.3, 0.4) is 0 Å². The molecule has 4 aromatic rings. The standard InChI is InChI=1S/C25H25N5O4S/c1-14-15(12-20(33-14)21(26)31)18-13-35-24(29-18)30-23(32)28-17-9-7-11-27-22(17)34-19-10-6-5-8-16(19)25(2,3)4/h5-13H,1-4H3,(H2,26,31)(H2,28,29,30,32). The number of anilines is 2. The minimum Gasteiger partial charge on any atom is -0.456 e. The molecule has 1 aromatic carbocycles. The van der Waals surface area contributed by atoms with E-state index in [0.717, 1.165) is 5.56 Å². The number of carbonyl (C=O) groups is 2. The molecule has 3 heterocycles. The first-order chi connectivity index (χ1) is 16.6. The maximum Gasteiger partial charge on any atom is 0.325 e. The Hall–Kier alpha value is -4.18. The number of carbonyl (C=O) groups excluding carboxylic acids is 2. The number of thiazole rings is 1. The Bertz CT molecular complexity index is 1390. The summed E-state index contributed by atoms with van der Waals surface area (Å²) in [5, 5.41) is 7.59. The number of hydrogen-bond donors (Lipinski definition) is 3. The van der Waals surface area contributed by atoms with Gasteiger partial charge in [-0.15, -0.1) is 11.3 Å². The van der Waals surface area contributed by atoms with Crippen molar-refractivity contribution in [2.75, 3.05) is 10.6 Å². The molecule has 10 heteroatoms. The number of benzene rings is 1. The number of aryl methyl sites for hydroxylation is 1. The Kier molecular flexibility index (Phi) is 6.57. The molecule has 3 amide bonds. The molecular weight excluding hydrogens is 466 g/mol. The summed E-state index contributed by atoms with van der Waals surface area (Å²) in [4.78, 5) is 32.8. The Morgan fingerprint density at radius 3 is 2.60 bits per heavy atom. The van der Waals surface area contributed by atoms with Crippen molar-refractivity contribution in [2.24, 2.45) is 5.73 Å². The second-order valence-electron chi connectivity index (χ2n) is 8.77. The summed E-state index contributed by atoms with van der Waals surface area (Å²) in [5.74, 6) is 0.833. The molecule has 3 aromatic heterocycles. The fraction of sp³-hybridized carbons (Fsp3) is 0.200. The highest BCUT2D eigenvalue weighted by Crippen LogP contribution is 2.35. The smallest absolute Gasteiger partial charge is 0.325 e. The van der Waals surface area contributed by atoms with Crippen molar-refractivity contribution in [1.29, 1.82) is 0 Å². The number of ether oxygens (including phenoxy) is 1. The number of amides is 3. The molecule has 0 aliphatic heterocycles. The summed E-state index contributed by atoms with van der Waals surface area (Å²) in [6.07, 6.45) is 1.60. The van der Waals surface area contributed by atoms with Gasteiger partial charge in [0.15, 0.2) is 10.9 Å². The molecule has 0 atom stereocenters. The van der Waals surface area contributed by atoms with Gasteiger partial charge >= 0.3 is 6.03 Å². The van der Waals surface area contributed by atoms with Crippen molar-refractivity contribution in [3.63, 3.8) is 0 Å². The predicted molar refractivity (Wildman–Crippen MR) is 135 cm³/mol. The van der Waals surface area contributed by atoms with Crippen molar-refractivity contribution >= 4 is 34.1 Å². The van der Waals surface area contributed by atoms with Gasteiger partial charge in [-0.25, -0.2) is 14.8 Å². The lowest BCUT2D eigenvalue weighted by Crippen LogP contribution is -2.20. The van der Waals surface area contributed by atoms with Crippen LogP contribution in [0, 0.1) is 6.92 Å². The van der Waals surface area contributed by atoms with E-state index < -0.39 is 11.9 Å². The zero-order chi connectivity index (χ0) is 25.2. The number of hydrogen-bond acceptors (Lipinski definition) is 7. The number of primary amides is 1. The van der Waals surface area contributed by atoms with Gasteiger partial charge < -0.3 is 20.2 Å². The number of nitrogens with zero attached hydrogens (tertiary/aromatic N) is 2. The molecule has 0 aliphatic carbocycles. The summed E-state index contributed by atoms with van der Waals surface area (Å²) in [6, 6.07) is 12.2. The molecule has 0 spiro atoms. The van der Waals surface area contributed by atoms with Gasteiger partial charge in [-0.3, -0.25) is 10.1 Å². The largest absolute Gasteiger partial charge is 0.456 e. The highest BCUT2D eigenvalue weighted by Gasteiger charge is 2.21. The molecule has 9 nitrogen and oxygen atoms in total. The number of pyridine rings is 1. The molecule has 180 valence electrons. The first-order valence-corrected chi connectivity index (χ1v) is 11.7. The van der Waals surface area contributed by atoms with Crippen LogP contribution >= 0.6 is 11.3 Å². The van der Waals surface area contributed by atoms with Crippen LogP contribution in [-0.2, 0) is 5.41 Å². The van der Waals surface area contributed by atoms with E-state index in [1.165, 1.54) is 17.4 Å². The second-order valence-corrected chi connectivity index (χ2v) is 9.62. The first-order valence-electron chi connectivity index (χ1n) is 10.8. The van der Waals surface area contributed by atoms with E-state index >= 15 is 0 Å². The topological polar surface area (TPSA) is 132 Å². The number of nitrogens with two attached hydrogens (primary N) is 1. The highest BCUT2D eigenvalue weighted by molar-refractivity contribution is 7.14. The van der Waals surface area contributed by atoms with Crippen molar-refractivity contribution in [2.45, 2.75) is 33.1 Å². The van der Waals surface area contributed by atoms with E-state index in [2.05, 4.69) is 41.4 Å². The van der Waals surface area contributed by atoms with E-state index in [-0.39, 0.29) is 17.1 Å². The third-order valence-corrected chi connectivity index (χ3v) is 5.84. The summed E-state index contributed by atoms with van der Waals surface area (Å²) < 4.78 is 11.5. The zero-order valence-electron chi connectivity index (χ0n) is 19.7. The quantitative estimate of drug-likeness (QED) is 0.306. The van der Waals surface area contributed by atoms with Gasteiger partial charge in [0.25, 0.3) is 5.91 Å². The number of urea groups is 1. The van der Waals surface area contributed by atoms with Crippen molar-refractivity contribution < 1.29 is 18.7 Å². The molecule has 0 radical (unpaired) electrons. The van der Waals surface area contributed by atoms with Gasteiger partial charge in [-0.1, -0.05) is 39.0 Å². The Morgan fingerprint density at radius 2 is 1.89 bits per heavy atom. The van der Waals surface area contributed by atoms with Crippen molar-refractivity contribution in [3.05, 3.63) is 71.1 Å². The Balaban J connectivity index is 1.49. The molecule has 4 rings (SSSR count). The van der Waals surface area contributed by atoms with E-state index in [9.17, 15) is 9.59 Å². The van der Waals surface area contributed by atoms with Crippen LogP contribution in [0.2, 0.25) is 0 Å². The van der Waals surface area contributed by atoms with Crippen LogP contribution < -0.4 is 21.1 Å². The molecule has 0 bridgehead atoms. The van der Waals surface area contributed by atoms with Crippen LogP contribution in [0.25, 0.3) is 11.3 Å². The third kappa shape index (κ3) is 5.49. The van der Waals surface area contributed by atoms with Crippen molar-refractivity contribution in [3.8, 4) is 22.9 Å². The van der Waals surface area contributed by atoms with Crippen LogP contribution in [0.5, 0.6) is 11.6 Å². The Morgan fingerprint density at radius 1 is 1.11 bits per heavy atom. The minimum absolute atomic E-state index is 0.0508. The highest BCUT2D eigenvalue weighted by atomic mass is 32.1.